The van der Waals surface area contributed by atoms with Crippen LogP contribution in [0.4, 0.5) is 0 Å². The summed E-state index contributed by atoms with van der Waals surface area (Å²) in [7, 11) is 1.60. The molecule has 0 aliphatic carbocycles. The van der Waals surface area contributed by atoms with Crippen LogP contribution in [0.1, 0.15) is 10.5 Å². The van der Waals surface area contributed by atoms with Crippen molar-refractivity contribution in [3.05, 3.63) is 54.2 Å². The standard InChI is InChI=1S/C15H12N2O3/c1-20-11-8-6-10(7-9-11)17-13-5-3-2-4-12(13)14(16-17)15(18)19/h2-9H,1H3,(H,18,19). The normalized spacial score (nSPS) is 10.7. The number of ether oxygens (including phenoxy) is 1. The number of carbonyl (C=O) groups is 1. The first-order valence-corrected chi connectivity index (χ1v) is 6.06. The van der Waals surface area contributed by atoms with Crippen molar-refractivity contribution in [1.29, 1.82) is 0 Å². The zero-order valence-corrected chi connectivity index (χ0v) is 10.8. The van der Waals surface area contributed by atoms with Gasteiger partial charge in [0.25, 0.3) is 0 Å². The van der Waals surface area contributed by atoms with Gasteiger partial charge in [0.15, 0.2) is 5.69 Å². The van der Waals surface area contributed by atoms with Crippen LogP contribution in [-0.4, -0.2) is 28.0 Å². The van der Waals surface area contributed by atoms with Crippen molar-refractivity contribution in [2.75, 3.05) is 7.11 Å². The van der Waals surface area contributed by atoms with Gasteiger partial charge in [-0.3, -0.25) is 0 Å². The number of aromatic nitrogens is 2. The van der Waals surface area contributed by atoms with Crippen LogP contribution >= 0.6 is 0 Å². The molecule has 0 saturated heterocycles. The van der Waals surface area contributed by atoms with Crippen LogP contribution in [0.3, 0.4) is 0 Å². The Morgan fingerprint density at radius 2 is 1.85 bits per heavy atom. The summed E-state index contributed by atoms with van der Waals surface area (Å²) in [5, 5.41) is 14.0. The maximum Gasteiger partial charge on any atom is 0.357 e. The molecule has 1 N–H and O–H groups in total. The number of fused-ring (bicyclic) bond motifs is 1. The van der Waals surface area contributed by atoms with E-state index >= 15 is 0 Å². The van der Waals surface area contributed by atoms with E-state index in [0.717, 1.165) is 17.0 Å². The Kier molecular flexibility index (Phi) is 2.87. The van der Waals surface area contributed by atoms with Crippen LogP contribution in [0.2, 0.25) is 0 Å². The minimum absolute atomic E-state index is 0.0522. The van der Waals surface area contributed by atoms with Crippen LogP contribution in [-0.2, 0) is 0 Å². The SMILES string of the molecule is COc1ccc(-n2nc(C(=O)O)c3ccccc32)cc1. The van der Waals surface area contributed by atoms with Crippen molar-refractivity contribution < 1.29 is 14.6 Å². The summed E-state index contributed by atoms with van der Waals surface area (Å²) in [6.45, 7) is 0. The highest BCUT2D eigenvalue weighted by Crippen LogP contribution is 2.23. The zero-order chi connectivity index (χ0) is 14.1. The number of methoxy groups -OCH3 is 1. The minimum atomic E-state index is -1.03. The number of hydrogen-bond acceptors (Lipinski definition) is 3. The van der Waals surface area contributed by atoms with E-state index in [1.165, 1.54) is 0 Å². The molecule has 0 aliphatic heterocycles. The first-order chi connectivity index (χ1) is 9.70. The molecular formula is C15H12N2O3. The van der Waals surface area contributed by atoms with E-state index in [1.54, 1.807) is 23.9 Å². The quantitative estimate of drug-likeness (QED) is 0.793. The molecule has 0 atom stereocenters. The summed E-state index contributed by atoms with van der Waals surface area (Å²) in [5.74, 6) is -0.294. The maximum atomic E-state index is 11.3. The zero-order valence-electron chi connectivity index (χ0n) is 10.8. The topological polar surface area (TPSA) is 64.4 Å². The molecule has 0 spiro atoms. The number of benzene rings is 2. The molecule has 5 heteroatoms. The number of hydrogen-bond donors (Lipinski definition) is 1. The van der Waals surface area contributed by atoms with Crippen LogP contribution in [0.5, 0.6) is 5.75 Å². The van der Waals surface area contributed by atoms with Crippen LogP contribution in [0, 0.1) is 0 Å². The largest absolute Gasteiger partial charge is 0.497 e. The number of carboxylic acid groups (broad SMARTS) is 1. The summed E-state index contributed by atoms with van der Waals surface area (Å²) in [5.41, 5.74) is 1.60. The molecule has 0 bridgehead atoms. The van der Waals surface area contributed by atoms with Crippen molar-refractivity contribution in [3.8, 4) is 11.4 Å². The Bertz CT molecular complexity index is 775. The number of para-hydroxylation sites is 1. The van der Waals surface area contributed by atoms with Crippen molar-refractivity contribution in [3.63, 3.8) is 0 Å². The lowest BCUT2D eigenvalue weighted by molar-refractivity contribution is 0.0692. The molecule has 0 amide bonds. The molecule has 3 rings (SSSR count). The van der Waals surface area contributed by atoms with E-state index in [4.69, 9.17) is 4.74 Å². The highest BCUT2D eigenvalue weighted by Gasteiger charge is 2.16. The van der Waals surface area contributed by atoms with Gasteiger partial charge in [0, 0.05) is 5.39 Å². The Morgan fingerprint density at radius 1 is 1.15 bits per heavy atom. The third-order valence-corrected chi connectivity index (χ3v) is 3.11. The van der Waals surface area contributed by atoms with E-state index in [9.17, 15) is 9.90 Å². The molecule has 0 radical (unpaired) electrons. The predicted octanol–water partition coefficient (Wildman–Crippen LogP) is 2.73. The number of carboxylic acids is 1. The van der Waals surface area contributed by atoms with Gasteiger partial charge < -0.3 is 9.84 Å². The molecule has 1 aromatic heterocycles. The first-order valence-electron chi connectivity index (χ1n) is 6.06. The van der Waals surface area contributed by atoms with E-state index in [0.29, 0.717) is 5.39 Å². The molecule has 0 saturated carbocycles. The molecule has 1 heterocycles. The summed E-state index contributed by atoms with van der Waals surface area (Å²) < 4.78 is 6.74. The predicted molar refractivity (Wildman–Crippen MR) is 74.6 cm³/mol. The molecule has 5 nitrogen and oxygen atoms in total. The number of rotatable bonds is 3. The maximum absolute atomic E-state index is 11.3. The van der Waals surface area contributed by atoms with Gasteiger partial charge in [0.1, 0.15) is 5.75 Å². The van der Waals surface area contributed by atoms with Crippen LogP contribution in [0.15, 0.2) is 48.5 Å². The number of aromatic carboxylic acids is 1. The molecular weight excluding hydrogens is 256 g/mol. The molecule has 0 aliphatic rings. The third kappa shape index (κ3) is 1.89. The lowest BCUT2D eigenvalue weighted by Gasteiger charge is -2.04. The average molecular weight is 268 g/mol. The highest BCUT2D eigenvalue weighted by atomic mass is 16.5. The van der Waals surface area contributed by atoms with Gasteiger partial charge in [-0.1, -0.05) is 18.2 Å². The summed E-state index contributed by atoms with van der Waals surface area (Å²) in [6.07, 6.45) is 0. The van der Waals surface area contributed by atoms with Crippen molar-refractivity contribution in [2.45, 2.75) is 0 Å². The summed E-state index contributed by atoms with van der Waals surface area (Å²) in [4.78, 5) is 11.3. The second-order valence-corrected chi connectivity index (χ2v) is 4.28. The Morgan fingerprint density at radius 3 is 2.50 bits per heavy atom. The van der Waals surface area contributed by atoms with Gasteiger partial charge in [0.2, 0.25) is 0 Å². The Hall–Kier alpha value is -2.82. The minimum Gasteiger partial charge on any atom is -0.497 e. The van der Waals surface area contributed by atoms with Crippen molar-refractivity contribution in [2.24, 2.45) is 0 Å². The second kappa shape index (κ2) is 4.70. The summed E-state index contributed by atoms with van der Waals surface area (Å²) in [6, 6.07) is 14.6. The Labute approximate surface area is 115 Å². The van der Waals surface area contributed by atoms with E-state index in [1.807, 2.05) is 36.4 Å². The molecule has 3 aromatic rings. The smallest absolute Gasteiger partial charge is 0.357 e. The number of nitrogens with zero attached hydrogens (tertiary/aromatic N) is 2. The van der Waals surface area contributed by atoms with Crippen molar-refractivity contribution >= 4 is 16.9 Å². The van der Waals surface area contributed by atoms with Gasteiger partial charge in [-0.05, 0) is 30.3 Å². The molecule has 20 heavy (non-hydrogen) atoms. The van der Waals surface area contributed by atoms with E-state index in [-0.39, 0.29) is 5.69 Å². The first kappa shape index (κ1) is 12.2. The molecule has 0 unspecified atom stereocenters. The van der Waals surface area contributed by atoms with Gasteiger partial charge in [0.05, 0.1) is 18.3 Å². The fourth-order valence-corrected chi connectivity index (χ4v) is 2.14. The molecule has 0 fully saturated rings. The van der Waals surface area contributed by atoms with Crippen LogP contribution < -0.4 is 4.74 Å². The molecule has 2 aromatic carbocycles. The Balaban J connectivity index is 2.22. The fraction of sp³-hybridized carbons (Fsp3) is 0.0667. The van der Waals surface area contributed by atoms with E-state index < -0.39 is 5.97 Å². The van der Waals surface area contributed by atoms with Gasteiger partial charge >= 0.3 is 5.97 Å². The van der Waals surface area contributed by atoms with Gasteiger partial charge in [-0.25, -0.2) is 9.48 Å². The average Bonchev–Trinajstić information content (AvgIpc) is 2.87. The monoisotopic (exact) mass is 268 g/mol. The second-order valence-electron chi connectivity index (χ2n) is 4.28. The molecule has 100 valence electrons. The highest BCUT2D eigenvalue weighted by molar-refractivity contribution is 6.01. The fourth-order valence-electron chi connectivity index (χ4n) is 2.14. The third-order valence-electron chi connectivity index (χ3n) is 3.11. The lowest BCUT2D eigenvalue weighted by Crippen LogP contribution is -2.01. The summed E-state index contributed by atoms with van der Waals surface area (Å²) >= 11 is 0. The van der Waals surface area contributed by atoms with E-state index in [2.05, 4.69) is 5.10 Å². The lowest BCUT2D eigenvalue weighted by atomic mass is 10.2. The van der Waals surface area contributed by atoms with Gasteiger partial charge in [-0.2, -0.15) is 5.10 Å². The van der Waals surface area contributed by atoms with Crippen LogP contribution in [0.25, 0.3) is 16.6 Å². The van der Waals surface area contributed by atoms with Crippen molar-refractivity contribution in [1.82, 2.24) is 9.78 Å². The van der Waals surface area contributed by atoms with Gasteiger partial charge in [-0.15, -0.1) is 0 Å².